The molecule has 0 amide bonds. The number of hydrazone groups is 1. The molecule has 9 nitrogen and oxygen atoms in total. The lowest BCUT2D eigenvalue weighted by molar-refractivity contribution is -0.145. The van der Waals surface area contributed by atoms with Crippen LogP contribution < -0.4 is 15.7 Å². The molecule has 3 aromatic rings. The number of hydrogen-bond donors (Lipinski definition) is 2. The lowest BCUT2D eigenvalue weighted by Gasteiger charge is -2.09. The molecule has 10 heteroatoms. The number of nitrogens with one attached hydrogen (secondary N) is 2. The van der Waals surface area contributed by atoms with Gasteiger partial charge in [-0.15, -0.1) is 0 Å². The van der Waals surface area contributed by atoms with Gasteiger partial charge in [0.2, 0.25) is 5.95 Å². The van der Waals surface area contributed by atoms with Crippen molar-refractivity contribution in [1.29, 1.82) is 5.26 Å². The summed E-state index contributed by atoms with van der Waals surface area (Å²) >= 11 is 3.38. The van der Waals surface area contributed by atoms with Crippen molar-refractivity contribution in [2.24, 2.45) is 5.10 Å². The number of hydrogen-bond acceptors (Lipinski definition) is 8. The van der Waals surface area contributed by atoms with E-state index in [1.807, 2.05) is 12.1 Å². The number of aromatic nitrogens is 2. The van der Waals surface area contributed by atoms with E-state index in [9.17, 15) is 14.9 Å². The summed E-state index contributed by atoms with van der Waals surface area (Å²) in [7, 11) is 0. The highest BCUT2D eigenvalue weighted by molar-refractivity contribution is 9.10. The molecule has 162 valence electrons. The zero-order chi connectivity index (χ0) is 22.9. The van der Waals surface area contributed by atoms with Crippen LogP contribution in [-0.2, 0) is 9.53 Å². The largest absolute Gasteiger partial charge is 0.481 e. The Bertz CT molecular complexity index is 1240. The molecule has 0 aliphatic carbocycles. The molecule has 0 unspecified atom stereocenters. The van der Waals surface area contributed by atoms with Crippen LogP contribution in [0.2, 0.25) is 0 Å². The second kappa shape index (κ2) is 10.9. The zero-order valence-corrected chi connectivity index (χ0v) is 18.5. The van der Waals surface area contributed by atoms with Crippen LogP contribution in [0.15, 0.2) is 62.9 Å². The summed E-state index contributed by atoms with van der Waals surface area (Å²) in [5.74, 6) is -0.00428. The first kappa shape index (κ1) is 22.7. The Morgan fingerprint density at radius 3 is 2.81 bits per heavy atom. The van der Waals surface area contributed by atoms with Crippen LogP contribution in [0.5, 0.6) is 5.75 Å². The Morgan fingerprint density at radius 2 is 2.09 bits per heavy atom. The molecule has 0 aliphatic rings. The molecule has 0 fully saturated rings. The first-order valence-corrected chi connectivity index (χ1v) is 10.3. The van der Waals surface area contributed by atoms with Gasteiger partial charge in [-0.1, -0.05) is 46.3 Å². The number of anilines is 1. The number of H-pyrrole nitrogens is 1. The van der Waals surface area contributed by atoms with E-state index in [0.717, 1.165) is 4.47 Å². The van der Waals surface area contributed by atoms with Gasteiger partial charge in [-0.2, -0.15) is 10.4 Å². The monoisotopic (exact) mass is 495 g/mol. The average molecular weight is 496 g/mol. The molecule has 2 aromatic carbocycles. The van der Waals surface area contributed by atoms with Gasteiger partial charge in [0, 0.05) is 15.6 Å². The fourth-order valence-corrected chi connectivity index (χ4v) is 3.07. The SMILES string of the molecule is CCOC(=O)COc1ccc(Br)cc1C=NNc1nc(-c2ccccc2)c(C#N)c(=O)[nH]1. The number of ether oxygens (including phenoxy) is 2. The standard InChI is InChI=1S/C22H18BrN5O4/c1-2-31-19(29)13-32-18-9-8-16(23)10-15(18)12-25-28-22-26-20(14-6-4-3-5-7-14)17(11-24)21(30)27-22/h3-10,12H,2,13H2,1H3,(H2,26,27,28,30). The van der Waals surface area contributed by atoms with Crippen LogP contribution in [0.3, 0.4) is 0 Å². The minimum Gasteiger partial charge on any atom is -0.481 e. The van der Waals surface area contributed by atoms with Crippen molar-refractivity contribution in [3.63, 3.8) is 0 Å². The minimum absolute atomic E-state index is 0.0630. The van der Waals surface area contributed by atoms with Gasteiger partial charge in [0.15, 0.2) is 6.61 Å². The van der Waals surface area contributed by atoms with Crippen molar-refractivity contribution in [2.75, 3.05) is 18.6 Å². The third-order valence-electron chi connectivity index (χ3n) is 4.08. The van der Waals surface area contributed by atoms with Crippen LogP contribution >= 0.6 is 15.9 Å². The maximum absolute atomic E-state index is 12.3. The molecule has 0 aliphatic heterocycles. The lowest BCUT2D eigenvalue weighted by atomic mass is 10.1. The molecule has 0 bridgehead atoms. The maximum atomic E-state index is 12.3. The predicted molar refractivity (Wildman–Crippen MR) is 122 cm³/mol. The summed E-state index contributed by atoms with van der Waals surface area (Å²) in [5.41, 5.74) is 3.42. The predicted octanol–water partition coefficient (Wildman–Crippen LogP) is 3.46. The zero-order valence-electron chi connectivity index (χ0n) is 17.0. The molecule has 1 aromatic heterocycles. The highest BCUT2D eigenvalue weighted by Gasteiger charge is 2.13. The van der Waals surface area contributed by atoms with Crippen molar-refractivity contribution < 1.29 is 14.3 Å². The second-order valence-electron chi connectivity index (χ2n) is 6.26. The summed E-state index contributed by atoms with van der Waals surface area (Å²) in [6.45, 7) is 1.74. The van der Waals surface area contributed by atoms with Gasteiger partial charge < -0.3 is 9.47 Å². The highest BCUT2D eigenvalue weighted by Crippen LogP contribution is 2.22. The maximum Gasteiger partial charge on any atom is 0.344 e. The van der Waals surface area contributed by atoms with E-state index in [2.05, 4.69) is 36.4 Å². The van der Waals surface area contributed by atoms with E-state index in [0.29, 0.717) is 16.9 Å². The summed E-state index contributed by atoms with van der Waals surface area (Å²) in [6.07, 6.45) is 1.45. The fourth-order valence-electron chi connectivity index (χ4n) is 2.69. The first-order valence-electron chi connectivity index (χ1n) is 9.48. The average Bonchev–Trinajstić information content (AvgIpc) is 2.79. The molecule has 1 heterocycles. The van der Waals surface area contributed by atoms with Crippen molar-refractivity contribution in [3.05, 3.63) is 74.5 Å². The van der Waals surface area contributed by atoms with Crippen LogP contribution in [0, 0.1) is 11.3 Å². The van der Waals surface area contributed by atoms with Crippen molar-refractivity contribution in [1.82, 2.24) is 9.97 Å². The molecular weight excluding hydrogens is 478 g/mol. The molecular formula is C22H18BrN5O4. The molecule has 0 radical (unpaired) electrons. The smallest absolute Gasteiger partial charge is 0.344 e. The normalized spacial score (nSPS) is 10.5. The second-order valence-corrected chi connectivity index (χ2v) is 7.18. The number of nitriles is 1. The van der Waals surface area contributed by atoms with E-state index in [4.69, 9.17) is 9.47 Å². The number of aromatic amines is 1. The van der Waals surface area contributed by atoms with Crippen LogP contribution in [0.25, 0.3) is 11.3 Å². The number of benzene rings is 2. The Kier molecular flexibility index (Phi) is 7.72. The van der Waals surface area contributed by atoms with Gasteiger partial charge in [0.1, 0.15) is 17.4 Å². The third-order valence-corrected chi connectivity index (χ3v) is 4.57. The third kappa shape index (κ3) is 5.80. The van der Waals surface area contributed by atoms with E-state index < -0.39 is 11.5 Å². The molecule has 32 heavy (non-hydrogen) atoms. The van der Waals surface area contributed by atoms with Crippen LogP contribution in [0.4, 0.5) is 5.95 Å². The van der Waals surface area contributed by atoms with Gasteiger partial charge in [0.05, 0.1) is 18.5 Å². The van der Waals surface area contributed by atoms with Gasteiger partial charge in [-0.05, 0) is 25.1 Å². The van der Waals surface area contributed by atoms with Crippen molar-refractivity contribution in [3.8, 4) is 23.1 Å². The Balaban J connectivity index is 1.83. The van der Waals surface area contributed by atoms with Gasteiger partial charge in [-0.25, -0.2) is 15.2 Å². The number of esters is 1. The number of nitrogens with zero attached hydrogens (tertiary/aromatic N) is 3. The van der Waals surface area contributed by atoms with Gasteiger partial charge >= 0.3 is 5.97 Å². The quantitative estimate of drug-likeness (QED) is 0.278. The Morgan fingerprint density at radius 1 is 1.31 bits per heavy atom. The van der Waals surface area contributed by atoms with Crippen molar-refractivity contribution >= 4 is 34.1 Å². The molecule has 3 rings (SSSR count). The van der Waals surface area contributed by atoms with E-state index in [1.54, 1.807) is 49.4 Å². The summed E-state index contributed by atoms with van der Waals surface area (Å²) in [6, 6.07) is 16.0. The van der Waals surface area contributed by atoms with Crippen LogP contribution in [-0.4, -0.2) is 35.4 Å². The summed E-state index contributed by atoms with van der Waals surface area (Å²) < 4.78 is 11.1. The number of carbonyl (C=O) groups excluding carboxylic acids is 1. The van der Waals surface area contributed by atoms with Crippen LogP contribution in [0.1, 0.15) is 18.1 Å². The summed E-state index contributed by atoms with van der Waals surface area (Å²) in [4.78, 5) is 30.7. The van der Waals surface area contributed by atoms with E-state index >= 15 is 0 Å². The van der Waals surface area contributed by atoms with E-state index in [-0.39, 0.29) is 30.4 Å². The number of rotatable bonds is 8. The molecule has 0 saturated carbocycles. The highest BCUT2D eigenvalue weighted by atomic mass is 79.9. The van der Waals surface area contributed by atoms with E-state index in [1.165, 1.54) is 6.21 Å². The van der Waals surface area contributed by atoms with Gasteiger partial charge in [0.25, 0.3) is 5.56 Å². The van der Waals surface area contributed by atoms with Gasteiger partial charge in [-0.3, -0.25) is 9.78 Å². The Labute approximate surface area is 191 Å². The molecule has 0 spiro atoms. The Hall–Kier alpha value is -3.97. The topological polar surface area (TPSA) is 129 Å². The summed E-state index contributed by atoms with van der Waals surface area (Å²) in [5, 5.41) is 13.4. The molecule has 0 atom stereocenters. The first-order chi connectivity index (χ1) is 15.5. The number of carbonyl (C=O) groups is 1. The molecule has 2 N–H and O–H groups in total. The lowest BCUT2D eigenvalue weighted by Crippen LogP contribution is -2.16. The van der Waals surface area contributed by atoms with Crippen molar-refractivity contribution in [2.45, 2.75) is 6.92 Å². The number of halogens is 1. The molecule has 0 saturated heterocycles. The minimum atomic E-state index is -0.583. The fraction of sp³-hybridized carbons (Fsp3) is 0.136.